The summed E-state index contributed by atoms with van der Waals surface area (Å²) in [6.45, 7) is 2.11. The lowest BCUT2D eigenvalue weighted by Gasteiger charge is -1.94. The number of carboxylic acids is 1. The number of hydrogen-bond acceptors (Lipinski definition) is 2. The molecule has 1 rings (SSSR count). The van der Waals surface area contributed by atoms with E-state index in [4.69, 9.17) is 5.11 Å². The molecular formula is C10H12O2S. The lowest BCUT2D eigenvalue weighted by molar-refractivity contribution is -0.131. The Morgan fingerprint density at radius 3 is 3.00 bits per heavy atom. The summed E-state index contributed by atoms with van der Waals surface area (Å²) in [6, 6.07) is 0. The van der Waals surface area contributed by atoms with E-state index in [1.807, 2.05) is 5.38 Å². The normalized spacial score (nSPS) is 10.8. The predicted molar refractivity (Wildman–Crippen MR) is 55.0 cm³/mol. The van der Waals surface area contributed by atoms with Gasteiger partial charge in [-0.05, 0) is 34.4 Å². The smallest absolute Gasteiger partial charge is 0.328 e. The molecule has 0 saturated heterocycles. The van der Waals surface area contributed by atoms with Crippen LogP contribution in [0.2, 0.25) is 0 Å². The number of carbonyl (C=O) groups is 1. The fourth-order valence-electron chi connectivity index (χ4n) is 1.11. The quantitative estimate of drug-likeness (QED) is 0.752. The molecule has 0 aromatic carbocycles. The number of aryl methyl sites for hydroxylation is 1. The summed E-state index contributed by atoms with van der Waals surface area (Å²) < 4.78 is 0. The van der Waals surface area contributed by atoms with Crippen molar-refractivity contribution in [3.8, 4) is 0 Å². The molecule has 0 aliphatic carbocycles. The standard InChI is InChI=1S/C10H12O2S/c1-2-3-8-6-13-7-9(8)4-5-10(11)12/h4-7H,2-3H2,1H3,(H,11,12). The van der Waals surface area contributed by atoms with Gasteiger partial charge in [0.25, 0.3) is 0 Å². The zero-order valence-electron chi connectivity index (χ0n) is 7.49. The highest BCUT2D eigenvalue weighted by molar-refractivity contribution is 7.08. The van der Waals surface area contributed by atoms with Gasteiger partial charge < -0.3 is 5.11 Å². The van der Waals surface area contributed by atoms with Crippen molar-refractivity contribution in [3.63, 3.8) is 0 Å². The number of carboxylic acid groups (broad SMARTS) is 1. The van der Waals surface area contributed by atoms with Crippen LogP contribution >= 0.6 is 11.3 Å². The van der Waals surface area contributed by atoms with Crippen molar-refractivity contribution in [2.45, 2.75) is 19.8 Å². The first kappa shape index (κ1) is 9.99. The van der Waals surface area contributed by atoms with Crippen molar-refractivity contribution < 1.29 is 9.90 Å². The lowest BCUT2D eigenvalue weighted by Crippen LogP contribution is -1.87. The van der Waals surface area contributed by atoms with Crippen molar-refractivity contribution in [2.75, 3.05) is 0 Å². The summed E-state index contributed by atoms with van der Waals surface area (Å²) >= 11 is 1.61. The van der Waals surface area contributed by atoms with Crippen LogP contribution in [0.5, 0.6) is 0 Å². The van der Waals surface area contributed by atoms with E-state index in [9.17, 15) is 4.79 Å². The van der Waals surface area contributed by atoms with Gasteiger partial charge in [-0.2, -0.15) is 11.3 Å². The average Bonchev–Trinajstić information content (AvgIpc) is 2.49. The number of aliphatic carboxylic acids is 1. The monoisotopic (exact) mass is 196 g/mol. The zero-order chi connectivity index (χ0) is 9.68. The first-order valence-corrected chi connectivity index (χ1v) is 5.14. The Hall–Kier alpha value is -1.09. The summed E-state index contributed by atoms with van der Waals surface area (Å²) in [5.41, 5.74) is 2.28. The fourth-order valence-corrected chi connectivity index (χ4v) is 1.98. The SMILES string of the molecule is CCCc1cscc1C=CC(=O)O. The molecule has 0 saturated carbocycles. The fraction of sp³-hybridized carbons (Fsp3) is 0.300. The maximum Gasteiger partial charge on any atom is 0.328 e. The van der Waals surface area contributed by atoms with Crippen LogP contribution in [-0.2, 0) is 11.2 Å². The van der Waals surface area contributed by atoms with Crippen molar-refractivity contribution in [2.24, 2.45) is 0 Å². The minimum Gasteiger partial charge on any atom is -0.478 e. The number of hydrogen-bond donors (Lipinski definition) is 1. The highest BCUT2D eigenvalue weighted by Gasteiger charge is 1.99. The maximum absolute atomic E-state index is 10.3. The Morgan fingerprint density at radius 2 is 2.38 bits per heavy atom. The third kappa shape index (κ3) is 3.03. The molecule has 2 nitrogen and oxygen atoms in total. The number of thiophene rings is 1. The molecule has 0 radical (unpaired) electrons. The average molecular weight is 196 g/mol. The molecule has 0 spiro atoms. The molecule has 0 unspecified atom stereocenters. The Morgan fingerprint density at radius 1 is 1.62 bits per heavy atom. The summed E-state index contributed by atoms with van der Waals surface area (Å²) in [5, 5.41) is 12.5. The van der Waals surface area contributed by atoms with Crippen molar-refractivity contribution in [1.29, 1.82) is 0 Å². The van der Waals surface area contributed by atoms with Gasteiger partial charge in [-0.25, -0.2) is 4.79 Å². The van der Waals surface area contributed by atoms with E-state index in [0.29, 0.717) is 0 Å². The minimum atomic E-state index is -0.895. The summed E-state index contributed by atoms with van der Waals surface area (Å²) in [7, 11) is 0. The molecule has 0 fully saturated rings. The van der Waals surface area contributed by atoms with Gasteiger partial charge >= 0.3 is 5.97 Å². The molecule has 1 aromatic heterocycles. The highest BCUT2D eigenvalue weighted by Crippen LogP contribution is 2.18. The Kier molecular flexibility index (Phi) is 3.71. The van der Waals surface area contributed by atoms with E-state index >= 15 is 0 Å². The molecule has 0 atom stereocenters. The topological polar surface area (TPSA) is 37.3 Å². The molecule has 1 aromatic rings. The van der Waals surface area contributed by atoms with Gasteiger partial charge in [0.05, 0.1) is 0 Å². The molecule has 70 valence electrons. The van der Waals surface area contributed by atoms with E-state index in [2.05, 4.69) is 12.3 Å². The van der Waals surface area contributed by atoms with Gasteiger partial charge in [0.15, 0.2) is 0 Å². The van der Waals surface area contributed by atoms with Gasteiger partial charge in [0, 0.05) is 6.08 Å². The molecule has 0 aliphatic rings. The highest BCUT2D eigenvalue weighted by atomic mass is 32.1. The van der Waals surface area contributed by atoms with Crippen LogP contribution in [0.1, 0.15) is 24.5 Å². The van der Waals surface area contributed by atoms with Gasteiger partial charge in [-0.3, -0.25) is 0 Å². The molecule has 0 bridgehead atoms. The van der Waals surface area contributed by atoms with E-state index in [1.165, 1.54) is 11.6 Å². The second-order valence-corrected chi connectivity index (χ2v) is 3.52. The van der Waals surface area contributed by atoms with E-state index < -0.39 is 5.97 Å². The van der Waals surface area contributed by atoms with Crippen molar-refractivity contribution in [3.05, 3.63) is 28.0 Å². The van der Waals surface area contributed by atoms with Crippen LogP contribution < -0.4 is 0 Å². The second kappa shape index (κ2) is 4.82. The van der Waals surface area contributed by atoms with Gasteiger partial charge in [0.2, 0.25) is 0 Å². The van der Waals surface area contributed by atoms with Gasteiger partial charge in [-0.15, -0.1) is 0 Å². The van der Waals surface area contributed by atoms with E-state index in [0.717, 1.165) is 18.4 Å². The molecule has 3 heteroatoms. The van der Waals surface area contributed by atoms with Crippen molar-refractivity contribution >= 4 is 23.4 Å². The zero-order valence-corrected chi connectivity index (χ0v) is 8.30. The van der Waals surface area contributed by atoms with Crippen LogP contribution in [-0.4, -0.2) is 11.1 Å². The Bertz CT molecular complexity index is 312. The van der Waals surface area contributed by atoms with Crippen LogP contribution in [0.15, 0.2) is 16.8 Å². The predicted octanol–water partition coefficient (Wildman–Crippen LogP) is 2.80. The van der Waals surface area contributed by atoms with Crippen molar-refractivity contribution in [1.82, 2.24) is 0 Å². The number of rotatable bonds is 4. The summed E-state index contributed by atoms with van der Waals surface area (Å²) in [5.74, 6) is -0.895. The van der Waals surface area contributed by atoms with Crippen LogP contribution in [0, 0.1) is 0 Å². The first-order valence-electron chi connectivity index (χ1n) is 4.20. The molecule has 0 aliphatic heterocycles. The third-order valence-electron chi connectivity index (χ3n) is 1.70. The summed E-state index contributed by atoms with van der Waals surface area (Å²) in [4.78, 5) is 10.3. The Labute approximate surface area is 81.5 Å². The third-order valence-corrected chi connectivity index (χ3v) is 2.51. The Balaban J connectivity index is 2.75. The van der Waals surface area contributed by atoms with Gasteiger partial charge in [0.1, 0.15) is 0 Å². The van der Waals surface area contributed by atoms with E-state index in [-0.39, 0.29) is 0 Å². The largest absolute Gasteiger partial charge is 0.478 e. The molecular weight excluding hydrogens is 184 g/mol. The minimum absolute atomic E-state index is 0.895. The van der Waals surface area contributed by atoms with E-state index in [1.54, 1.807) is 17.4 Å². The van der Waals surface area contributed by atoms with Crippen LogP contribution in [0.4, 0.5) is 0 Å². The molecule has 1 N–H and O–H groups in total. The summed E-state index contributed by atoms with van der Waals surface area (Å²) in [6.07, 6.45) is 4.94. The maximum atomic E-state index is 10.3. The second-order valence-electron chi connectivity index (χ2n) is 2.77. The lowest BCUT2D eigenvalue weighted by atomic mass is 10.1. The van der Waals surface area contributed by atoms with Gasteiger partial charge in [-0.1, -0.05) is 13.3 Å². The molecule has 13 heavy (non-hydrogen) atoms. The first-order chi connectivity index (χ1) is 6.24. The molecule has 0 amide bonds. The molecule has 1 heterocycles. The van der Waals surface area contributed by atoms with Crippen LogP contribution in [0.25, 0.3) is 6.08 Å². The van der Waals surface area contributed by atoms with Crippen LogP contribution in [0.3, 0.4) is 0 Å².